The van der Waals surface area contributed by atoms with Crippen LogP contribution in [0.25, 0.3) is 0 Å². The van der Waals surface area contributed by atoms with Crippen LogP contribution >= 0.6 is 15.9 Å². The molecule has 1 aromatic rings. The predicted molar refractivity (Wildman–Crippen MR) is 58.8 cm³/mol. The van der Waals surface area contributed by atoms with Crippen molar-refractivity contribution in [3.8, 4) is 0 Å². The number of aromatic nitrogens is 1. The minimum atomic E-state index is 1.04. The Morgan fingerprint density at radius 2 is 2.23 bits per heavy atom. The molecule has 0 atom stereocenters. The summed E-state index contributed by atoms with van der Waals surface area (Å²) in [6.45, 7) is 1.11. The molecule has 1 aromatic heterocycles. The molecule has 1 rings (SSSR count). The molecule has 13 heavy (non-hydrogen) atoms. The largest absolute Gasteiger partial charge is 0.309 e. The first kappa shape index (κ1) is 10.7. The monoisotopic (exact) mass is 242 g/mol. The summed E-state index contributed by atoms with van der Waals surface area (Å²) in [5.74, 6) is 0. The Labute approximate surface area is 88.1 Å². The van der Waals surface area contributed by atoms with Crippen molar-refractivity contribution in [2.24, 2.45) is 0 Å². The second-order valence-corrected chi connectivity index (χ2v) is 4.19. The molecule has 0 aromatic carbocycles. The van der Waals surface area contributed by atoms with Gasteiger partial charge in [-0.3, -0.25) is 4.98 Å². The molecule has 0 aliphatic heterocycles. The molecule has 3 heteroatoms. The van der Waals surface area contributed by atoms with Gasteiger partial charge in [-0.2, -0.15) is 0 Å². The number of nitrogens with zero attached hydrogens (tertiary/aromatic N) is 2. The second kappa shape index (κ2) is 5.35. The molecule has 0 amide bonds. The fourth-order valence-electron chi connectivity index (χ4n) is 1.17. The minimum absolute atomic E-state index is 1.04. The lowest BCUT2D eigenvalue weighted by Gasteiger charge is -2.08. The van der Waals surface area contributed by atoms with Crippen molar-refractivity contribution in [1.82, 2.24) is 9.88 Å². The molecule has 0 saturated carbocycles. The van der Waals surface area contributed by atoms with Gasteiger partial charge in [-0.1, -0.05) is 0 Å². The van der Waals surface area contributed by atoms with Gasteiger partial charge in [-0.15, -0.1) is 0 Å². The highest BCUT2D eigenvalue weighted by Crippen LogP contribution is 2.14. The van der Waals surface area contributed by atoms with Crippen molar-refractivity contribution in [1.29, 1.82) is 0 Å². The Morgan fingerprint density at radius 1 is 1.46 bits per heavy atom. The van der Waals surface area contributed by atoms with Crippen LogP contribution in [0.4, 0.5) is 0 Å². The summed E-state index contributed by atoms with van der Waals surface area (Å²) in [5, 5.41) is 0. The summed E-state index contributed by atoms with van der Waals surface area (Å²) < 4.78 is 1.12. The van der Waals surface area contributed by atoms with Gasteiger partial charge >= 0.3 is 0 Å². The highest BCUT2D eigenvalue weighted by atomic mass is 79.9. The first-order valence-corrected chi connectivity index (χ1v) is 5.23. The predicted octanol–water partition coefficient (Wildman–Crippen LogP) is 2.34. The Morgan fingerprint density at radius 3 is 2.85 bits per heavy atom. The van der Waals surface area contributed by atoms with Crippen LogP contribution in [0.5, 0.6) is 0 Å². The van der Waals surface area contributed by atoms with Gasteiger partial charge in [-0.05, 0) is 61.5 Å². The van der Waals surface area contributed by atoms with Crippen LogP contribution in [0.2, 0.25) is 0 Å². The molecular weight excluding hydrogens is 228 g/mol. The molecule has 0 aliphatic rings. The lowest BCUT2D eigenvalue weighted by Crippen LogP contribution is -2.13. The number of hydrogen-bond donors (Lipinski definition) is 0. The van der Waals surface area contributed by atoms with Crippen molar-refractivity contribution in [3.63, 3.8) is 0 Å². The molecule has 0 radical (unpaired) electrons. The van der Waals surface area contributed by atoms with Crippen LogP contribution in [0, 0.1) is 0 Å². The molecule has 2 nitrogen and oxygen atoms in total. The highest BCUT2D eigenvalue weighted by molar-refractivity contribution is 9.10. The number of aryl methyl sites for hydroxylation is 1. The second-order valence-electron chi connectivity index (χ2n) is 3.34. The van der Waals surface area contributed by atoms with E-state index in [0.29, 0.717) is 0 Å². The summed E-state index contributed by atoms with van der Waals surface area (Å²) in [7, 11) is 4.18. The molecule has 72 valence electrons. The van der Waals surface area contributed by atoms with Gasteiger partial charge in [0.05, 0.1) is 5.69 Å². The van der Waals surface area contributed by atoms with E-state index in [1.54, 1.807) is 0 Å². The number of hydrogen-bond acceptors (Lipinski definition) is 2. The topological polar surface area (TPSA) is 16.1 Å². The van der Waals surface area contributed by atoms with Crippen molar-refractivity contribution in [2.75, 3.05) is 20.6 Å². The van der Waals surface area contributed by atoms with E-state index < -0.39 is 0 Å². The van der Waals surface area contributed by atoms with Gasteiger partial charge < -0.3 is 4.90 Å². The van der Waals surface area contributed by atoms with E-state index in [1.165, 1.54) is 0 Å². The third-order valence-electron chi connectivity index (χ3n) is 1.85. The van der Waals surface area contributed by atoms with E-state index in [-0.39, 0.29) is 0 Å². The van der Waals surface area contributed by atoms with Crippen LogP contribution in [0.1, 0.15) is 12.1 Å². The van der Waals surface area contributed by atoms with Crippen LogP contribution in [0.15, 0.2) is 22.8 Å². The first-order valence-electron chi connectivity index (χ1n) is 4.44. The molecule has 0 saturated heterocycles. The van der Waals surface area contributed by atoms with E-state index >= 15 is 0 Å². The van der Waals surface area contributed by atoms with E-state index in [1.807, 2.05) is 18.3 Å². The fourth-order valence-corrected chi connectivity index (χ4v) is 1.62. The van der Waals surface area contributed by atoms with Gasteiger partial charge in [0, 0.05) is 10.7 Å². The van der Waals surface area contributed by atoms with E-state index in [9.17, 15) is 0 Å². The van der Waals surface area contributed by atoms with Gasteiger partial charge in [0.25, 0.3) is 0 Å². The summed E-state index contributed by atoms with van der Waals surface area (Å²) >= 11 is 3.49. The number of pyridine rings is 1. The normalized spacial score (nSPS) is 10.8. The molecule has 0 spiro atoms. The zero-order chi connectivity index (χ0) is 9.68. The number of rotatable bonds is 4. The van der Waals surface area contributed by atoms with Gasteiger partial charge in [0.2, 0.25) is 0 Å². The fraction of sp³-hybridized carbons (Fsp3) is 0.500. The third kappa shape index (κ3) is 3.87. The Bertz CT molecular complexity index is 261. The highest BCUT2D eigenvalue weighted by Gasteiger charge is 1.99. The Kier molecular flexibility index (Phi) is 4.39. The van der Waals surface area contributed by atoms with E-state index in [4.69, 9.17) is 0 Å². The molecular formula is C10H15BrN2. The van der Waals surface area contributed by atoms with Crippen LogP contribution in [0.3, 0.4) is 0 Å². The molecule has 0 N–H and O–H groups in total. The van der Waals surface area contributed by atoms with Gasteiger partial charge in [0.15, 0.2) is 0 Å². The van der Waals surface area contributed by atoms with Crippen molar-refractivity contribution >= 4 is 15.9 Å². The molecule has 1 heterocycles. The summed E-state index contributed by atoms with van der Waals surface area (Å²) in [6.07, 6.45) is 4.04. The van der Waals surface area contributed by atoms with Crippen molar-refractivity contribution in [3.05, 3.63) is 28.5 Å². The zero-order valence-corrected chi connectivity index (χ0v) is 9.71. The maximum Gasteiger partial charge on any atom is 0.0545 e. The minimum Gasteiger partial charge on any atom is -0.309 e. The van der Waals surface area contributed by atoms with Gasteiger partial charge in [0.1, 0.15) is 0 Å². The molecule has 0 fully saturated rings. The zero-order valence-electron chi connectivity index (χ0n) is 8.13. The lowest BCUT2D eigenvalue weighted by molar-refractivity contribution is 0.399. The van der Waals surface area contributed by atoms with E-state index in [0.717, 1.165) is 29.6 Å². The molecule has 0 unspecified atom stereocenters. The van der Waals surface area contributed by atoms with Crippen LogP contribution in [-0.2, 0) is 6.42 Å². The van der Waals surface area contributed by atoms with Crippen molar-refractivity contribution in [2.45, 2.75) is 12.8 Å². The standard InChI is InChI=1S/C10H15BrN2/c1-13(2)8-4-6-10-9(11)5-3-7-12-10/h3,5,7H,4,6,8H2,1-2H3. The quantitative estimate of drug-likeness (QED) is 0.806. The van der Waals surface area contributed by atoms with Crippen molar-refractivity contribution < 1.29 is 0 Å². The summed E-state index contributed by atoms with van der Waals surface area (Å²) in [4.78, 5) is 6.50. The van der Waals surface area contributed by atoms with E-state index in [2.05, 4.69) is 39.9 Å². The summed E-state index contributed by atoms with van der Waals surface area (Å²) in [5.41, 5.74) is 1.16. The van der Waals surface area contributed by atoms with Crippen LogP contribution in [-0.4, -0.2) is 30.5 Å². The average Bonchev–Trinajstić information content (AvgIpc) is 2.08. The lowest BCUT2D eigenvalue weighted by atomic mass is 10.2. The Hall–Kier alpha value is -0.410. The maximum atomic E-state index is 4.31. The maximum absolute atomic E-state index is 4.31. The summed E-state index contributed by atoms with van der Waals surface area (Å²) in [6, 6.07) is 3.98. The average molecular weight is 243 g/mol. The molecule has 0 aliphatic carbocycles. The van der Waals surface area contributed by atoms with Crippen LogP contribution < -0.4 is 0 Å². The SMILES string of the molecule is CN(C)CCCc1ncccc1Br. The first-order chi connectivity index (χ1) is 6.20. The van der Waals surface area contributed by atoms with Gasteiger partial charge in [-0.25, -0.2) is 0 Å². The molecule has 0 bridgehead atoms. The third-order valence-corrected chi connectivity index (χ3v) is 2.58. The number of halogens is 1. The smallest absolute Gasteiger partial charge is 0.0545 e. The Balaban J connectivity index is 2.41.